The SMILES string of the molecule is Cc1ccc(Nc2ncc(C(N)=O)c(-c3sc(NCCc4cccnc4)nc3C)n2)cc1S(=O)(=O)N1CCOCC1. The van der Waals surface area contributed by atoms with Gasteiger partial charge >= 0.3 is 0 Å². The summed E-state index contributed by atoms with van der Waals surface area (Å²) in [7, 11) is -3.71. The van der Waals surface area contributed by atoms with E-state index < -0.39 is 15.9 Å². The van der Waals surface area contributed by atoms with Crippen LogP contribution in [0.5, 0.6) is 0 Å². The zero-order valence-electron chi connectivity index (χ0n) is 22.6. The van der Waals surface area contributed by atoms with Gasteiger partial charge in [0.2, 0.25) is 16.0 Å². The third-order valence-corrected chi connectivity index (χ3v) is 9.67. The topological polar surface area (TPSA) is 165 Å². The number of ether oxygens (including phenoxy) is 1. The fourth-order valence-corrected chi connectivity index (χ4v) is 7.01. The van der Waals surface area contributed by atoms with Gasteiger partial charge in [0.15, 0.2) is 5.13 Å². The summed E-state index contributed by atoms with van der Waals surface area (Å²) >= 11 is 1.36. The molecule has 1 saturated heterocycles. The summed E-state index contributed by atoms with van der Waals surface area (Å²) in [5.74, 6) is -0.484. The lowest BCUT2D eigenvalue weighted by molar-refractivity contribution is 0.0730. The molecule has 1 aliphatic rings. The Hall–Kier alpha value is -3.98. The van der Waals surface area contributed by atoms with Gasteiger partial charge in [-0.25, -0.2) is 23.4 Å². The fraction of sp³-hybridized carbons (Fsp3) is 0.296. The standard InChI is InChI=1S/C27H30N8O4S2/c1-17-5-6-20(14-22(17)41(37,38)35-10-12-39-13-11-35)33-26-31-16-21(25(28)36)23(34-26)24-18(2)32-27(40-24)30-9-7-19-4-3-8-29-15-19/h3-6,8,14-16H,7,9-13H2,1-2H3,(H2,28,36)(H,30,32)(H,31,33,34). The Morgan fingerprint density at radius 2 is 1.95 bits per heavy atom. The summed E-state index contributed by atoms with van der Waals surface area (Å²) in [6, 6.07) is 8.95. The van der Waals surface area contributed by atoms with E-state index in [9.17, 15) is 13.2 Å². The second-order valence-electron chi connectivity index (χ2n) is 9.41. The molecule has 5 rings (SSSR count). The van der Waals surface area contributed by atoms with Crippen LogP contribution in [-0.2, 0) is 21.2 Å². The van der Waals surface area contributed by atoms with Crippen LogP contribution in [0, 0.1) is 13.8 Å². The molecule has 1 aromatic carbocycles. The molecular weight excluding hydrogens is 564 g/mol. The van der Waals surface area contributed by atoms with Gasteiger partial charge in [0.25, 0.3) is 5.91 Å². The largest absolute Gasteiger partial charge is 0.379 e. The highest BCUT2D eigenvalue weighted by Gasteiger charge is 2.28. The van der Waals surface area contributed by atoms with Crippen LogP contribution in [0.2, 0.25) is 0 Å². The Morgan fingerprint density at radius 3 is 2.68 bits per heavy atom. The number of thiazole rings is 1. The predicted octanol–water partition coefficient (Wildman–Crippen LogP) is 3.13. The van der Waals surface area contributed by atoms with Gasteiger partial charge in [-0.1, -0.05) is 23.5 Å². The highest BCUT2D eigenvalue weighted by molar-refractivity contribution is 7.89. The van der Waals surface area contributed by atoms with Crippen molar-refractivity contribution in [2.75, 3.05) is 43.5 Å². The van der Waals surface area contributed by atoms with Gasteiger partial charge in [-0.3, -0.25) is 9.78 Å². The number of carbonyl (C=O) groups excluding carboxylic acids is 1. The molecule has 14 heteroatoms. The number of morpholine rings is 1. The van der Waals surface area contributed by atoms with E-state index in [1.165, 1.54) is 21.8 Å². The Morgan fingerprint density at radius 1 is 1.15 bits per heavy atom. The van der Waals surface area contributed by atoms with E-state index in [-0.39, 0.29) is 16.4 Å². The molecule has 4 N–H and O–H groups in total. The number of hydrogen-bond acceptors (Lipinski definition) is 11. The number of pyridine rings is 1. The normalized spacial score (nSPS) is 14.1. The smallest absolute Gasteiger partial charge is 0.252 e. The van der Waals surface area contributed by atoms with Gasteiger partial charge in [0.1, 0.15) is 5.69 Å². The number of anilines is 3. The molecule has 0 bridgehead atoms. The van der Waals surface area contributed by atoms with Crippen LogP contribution < -0.4 is 16.4 Å². The number of aromatic nitrogens is 4. The summed E-state index contributed by atoms with van der Waals surface area (Å²) in [5.41, 5.74) is 9.05. The van der Waals surface area contributed by atoms with Gasteiger partial charge in [-0.2, -0.15) is 4.31 Å². The van der Waals surface area contributed by atoms with Crippen molar-refractivity contribution in [3.05, 3.63) is 71.3 Å². The fourth-order valence-electron chi connectivity index (χ4n) is 4.36. The maximum atomic E-state index is 13.3. The number of rotatable bonds is 10. The lowest BCUT2D eigenvalue weighted by atomic mass is 10.1. The maximum Gasteiger partial charge on any atom is 0.252 e. The molecule has 1 aliphatic heterocycles. The van der Waals surface area contributed by atoms with E-state index in [1.807, 2.05) is 25.3 Å². The van der Waals surface area contributed by atoms with E-state index >= 15 is 0 Å². The first-order valence-electron chi connectivity index (χ1n) is 13.0. The molecule has 1 amide bonds. The number of benzene rings is 1. The summed E-state index contributed by atoms with van der Waals surface area (Å²) in [5, 5.41) is 7.08. The number of nitrogens with zero attached hydrogens (tertiary/aromatic N) is 5. The molecule has 0 aliphatic carbocycles. The van der Waals surface area contributed by atoms with E-state index in [1.54, 1.807) is 31.3 Å². The molecular formula is C27H30N8O4S2. The van der Waals surface area contributed by atoms with E-state index in [4.69, 9.17) is 10.5 Å². The zero-order valence-corrected chi connectivity index (χ0v) is 24.3. The first-order valence-corrected chi connectivity index (χ1v) is 15.2. The van der Waals surface area contributed by atoms with Crippen LogP contribution >= 0.6 is 11.3 Å². The van der Waals surface area contributed by atoms with Crippen LogP contribution in [0.4, 0.5) is 16.8 Å². The monoisotopic (exact) mass is 594 g/mol. The number of sulfonamides is 1. The van der Waals surface area contributed by atoms with Crippen molar-refractivity contribution in [1.29, 1.82) is 0 Å². The molecule has 4 aromatic rings. The predicted molar refractivity (Wildman–Crippen MR) is 157 cm³/mol. The number of amides is 1. The van der Waals surface area contributed by atoms with Crippen molar-refractivity contribution in [3.63, 3.8) is 0 Å². The summed E-state index contributed by atoms with van der Waals surface area (Å²) in [4.78, 5) is 30.7. The average molecular weight is 595 g/mol. The number of nitrogens with one attached hydrogen (secondary N) is 2. The molecule has 214 valence electrons. The highest BCUT2D eigenvalue weighted by atomic mass is 32.2. The molecule has 0 atom stereocenters. The molecule has 0 saturated carbocycles. The minimum atomic E-state index is -3.71. The Bertz CT molecular complexity index is 1660. The molecule has 1 fully saturated rings. The van der Waals surface area contributed by atoms with Gasteiger partial charge in [-0.05, 0) is 49.6 Å². The van der Waals surface area contributed by atoms with Crippen molar-refractivity contribution in [1.82, 2.24) is 24.2 Å². The Balaban J connectivity index is 1.39. The molecule has 3 aromatic heterocycles. The summed E-state index contributed by atoms with van der Waals surface area (Å²) in [6.07, 6.45) is 5.69. The third-order valence-electron chi connectivity index (χ3n) is 6.51. The number of aryl methyl sites for hydroxylation is 2. The van der Waals surface area contributed by atoms with Gasteiger partial charge < -0.3 is 21.1 Å². The lowest BCUT2D eigenvalue weighted by Gasteiger charge is -2.26. The minimum absolute atomic E-state index is 0.156. The highest BCUT2D eigenvalue weighted by Crippen LogP contribution is 2.34. The van der Waals surface area contributed by atoms with Gasteiger partial charge in [-0.15, -0.1) is 0 Å². The van der Waals surface area contributed by atoms with Crippen LogP contribution in [0.25, 0.3) is 10.6 Å². The molecule has 4 heterocycles. The summed E-state index contributed by atoms with van der Waals surface area (Å²) < 4.78 is 33.4. The Labute approximate surface area is 242 Å². The lowest BCUT2D eigenvalue weighted by Crippen LogP contribution is -2.40. The van der Waals surface area contributed by atoms with Crippen LogP contribution in [0.3, 0.4) is 0 Å². The van der Waals surface area contributed by atoms with Crippen molar-refractivity contribution < 1.29 is 17.9 Å². The number of hydrogen-bond donors (Lipinski definition) is 3. The van der Waals surface area contributed by atoms with E-state index in [0.29, 0.717) is 65.5 Å². The van der Waals surface area contributed by atoms with Crippen LogP contribution in [0.15, 0.2) is 53.8 Å². The van der Waals surface area contributed by atoms with Crippen molar-refractivity contribution in [2.24, 2.45) is 5.73 Å². The van der Waals surface area contributed by atoms with Gasteiger partial charge in [0.05, 0.1) is 34.2 Å². The van der Waals surface area contributed by atoms with Crippen molar-refractivity contribution in [3.8, 4) is 10.6 Å². The third kappa shape index (κ3) is 6.51. The van der Waals surface area contributed by atoms with Gasteiger partial charge in [0, 0.05) is 43.9 Å². The van der Waals surface area contributed by atoms with E-state index in [2.05, 4.69) is 30.6 Å². The second-order valence-corrected chi connectivity index (χ2v) is 12.3. The molecule has 0 unspecified atom stereocenters. The van der Waals surface area contributed by atoms with Crippen LogP contribution in [0.1, 0.15) is 27.2 Å². The van der Waals surface area contributed by atoms with Crippen molar-refractivity contribution >= 4 is 44.0 Å². The number of nitrogens with two attached hydrogens (primary N) is 1. The quantitative estimate of drug-likeness (QED) is 0.248. The molecule has 0 spiro atoms. The second kappa shape index (κ2) is 12.3. The Kier molecular flexibility index (Phi) is 8.54. The molecule has 0 radical (unpaired) electrons. The minimum Gasteiger partial charge on any atom is -0.379 e. The van der Waals surface area contributed by atoms with Crippen LogP contribution in [-0.4, -0.2) is 71.4 Å². The summed E-state index contributed by atoms with van der Waals surface area (Å²) in [6.45, 7) is 5.56. The maximum absolute atomic E-state index is 13.3. The number of primary amides is 1. The molecule has 12 nitrogen and oxygen atoms in total. The average Bonchev–Trinajstić information content (AvgIpc) is 3.34. The first-order chi connectivity index (χ1) is 19.7. The first kappa shape index (κ1) is 28.5. The number of carbonyl (C=O) groups is 1. The van der Waals surface area contributed by atoms with E-state index in [0.717, 1.165) is 12.0 Å². The van der Waals surface area contributed by atoms with Crippen molar-refractivity contribution in [2.45, 2.75) is 25.2 Å². The zero-order chi connectivity index (χ0) is 29.0. The molecule has 41 heavy (non-hydrogen) atoms.